The fourth-order valence-corrected chi connectivity index (χ4v) is 2.74. The average Bonchev–Trinajstić information content (AvgIpc) is 2.75. The van der Waals surface area contributed by atoms with Crippen molar-refractivity contribution in [1.82, 2.24) is 10.6 Å². The first-order valence-electron chi connectivity index (χ1n) is 9.30. The molecule has 0 spiro atoms. The van der Waals surface area contributed by atoms with Gasteiger partial charge in [0.15, 0.2) is 6.61 Å². The fourth-order valence-electron chi connectivity index (χ4n) is 2.74. The van der Waals surface area contributed by atoms with E-state index in [0.29, 0.717) is 11.3 Å². The number of ether oxygens (including phenoxy) is 2. The number of carbonyl (C=O) groups is 3. The normalized spacial score (nSPS) is 10.4. The van der Waals surface area contributed by atoms with Crippen molar-refractivity contribution in [2.24, 2.45) is 0 Å². The van der Waals surface area contributed by atoms with Gasteiger partial charge in [0.1, 0.15) is 17.9 Å². The van der Waals surface area contributed by atoms with Crippen LogP contribution in [0, 0.1) is 6.92 Å². The Balaban J connectivity index is 1.56. The number of hydrogen-bond donors (Lipinski definition) is 2. The van der Waals surface area contributed by atoms with E-state index in [1.54, 1.807) is 36.4 Å². The molecule has 31 heavy (non-hydrogen) atoms. The molecule has 9 nitrogen and oxygen atoms in total. The summed E-state index contributed by atoms with van der Waals surface area (Å²) in [6, 6.07) is 12.5. The second-order valence-electron chi connectivity index (χ2n) is 6.60. The summed E-state index contributed by atoms with van der Waals surface area (Å²) in [6.07, 6.45) is 0. The van der Waals surface area contributed by atoms with Crippen molar-refractivity contribution in [3.8, 4) is 5.75 Å². The molecular formula is C22H20N2O7. The largest absolute Gasteiger partial charge is 0.489 e. The van der Waals surface area contributed by atoms with E-state index < -0.39 is 30.1 Å². The van der Waals surface area contributed by atoms with Crippen LogP contribution in [0.2, 0.25) is 0 Å². The Morgan fingerprint density at radius 1 is 1.03 bits per heavy atom. The maximum Gasteiger partial charge on any atom is 0.338 e. The zero-order valence-corrected chi connectivity index (χ0v) is 16.9. The Kier molecular flexibility index (Phi) is 6.66. The van der Waals surface area contributed by atoms with Crippen molar-refractivity contribution >= 4 is 28.9 Å². The average molecular weight is 424 g/mol. The topological polar surface area (TPSA) is 124 Å². The molecule has 0 radical (unpaired) electrons. The summed E-state index contributed by atoms with van der Waals surface area (Å²) in [5.74, 6) is -0.898. The van der Waals surface area contributed by atoms with Crippen LogP contribution in [0.25, 0.3) is 11.0 Å². The van der Waals surface area contributed by atoms with Gasteiger partial charge in [-0.05, 0) is 42.3 Å². The van der Waals surface area contributed by atoms with Gasteiger partial charge in [0.05, 0.1) is 5.56 Å². The molecule has 0 unspecified atom stereocenters. The Morgan fingerprint density at radius 3 is 2.48 bits per heavy atom. The van der Waals surface area contributed by atoms with Gasteiger partial charge in [-0.3, -0.25) is 10.1 Å². The molecule has 2 N–H and O–H groups in total. The Labute approximate surface area is 177 Å². The molecule has 0 aliphatic heterocycles. The van der Waals surface area contributed by atoms with Gasteiger partial charge in [-0.1, -0.05) is 12.1 Å². The van der Waals surface area contributed by atoms with Crippen molar-refractivity contribution in [2.45, 2.75) is 13.5 Å². The van der Waals surface area contributed by atoms with Gasteiger partial charge in [0.2, 0.25) is 0 Å². The second-order valence-corrected chi connectivity index (χ2v) is 6.60. The van der Waals surface area contributed by atoms with Gasteiger partial charge >= 0.3 is 17.6 Å². The number of benzene rings is 2. The van der Waals surface area contributed by atoms with Crippen LogP contribution in [0.15, 0.2) is 57.7 Å². The highest BCUT2D eigenvalue weighted by Gasteiger charge is 2.12. The molecule has 9 heteroatoms. The van der Waals surface area contributed by atoms with E-state index in [9.17, 15) is 19.2 Å². The smallest absolute Gasteiger partial charge is 0.338 e. The quantitative estimate of drug-likeness (QED) is 0.460. The number of nitrogens with one attached hydrogen (secondary N) is 2. The molecule has 160 valence electrons. The molecule has 0 fully saturated rings. The molecule has 0 aliphatic rings. The lowest BCUT2D eigenvalue weighted by atomic mass is 10.1. The first-order valence-corrected chi connectivity index (χ1v) is 9.30. The fraction of sp³-hybridized carbons (Fsp3) is 0.182. The third-order valence-corrected chi connectivity index (χ3v) is 4.33. The van der Waals surface area contributed by atoms with Gasteiger partial charge in [0, 0.05) is 24.6 Å². The van der Waals surface area contributed by atoms with Crippen molar-refractivity contribution < 1.29 is 28.3 Å². The lowest BCUT2D eigenvalue weighted by Crippen LogP contribution is -2.39. The summed E-state index contributed by atoms with van der Waals surface area (Å²) in [5.41, 5.74) is 1.89. The van der Waals surface area contributed by atoms with Gasteiger partial charge in [-0.15, -0.1) is 0 Å². The number of imide groups is 1. The Bertz CT molecular complexity index is 1180. The van der Waals surface area contributed by atoms with E-state index in [-0.39, 0.29) is 12.2 Å². The number of amides is 3. The van der Waals surface area contributed by atoms with Gasteiger partial charge < -0.3 is 19.2 Å². The second kappa shape index (κ2) is 9.57. The number of esters is 1. The van der Waals surface area contributed by atoms with E-state index in [1.807, 2.05) is 18.3 Å². The third kappa shape index (κ3) is 5.69. The Morgan fingerprint density at radius 2 is 1.77 bits per heavy atom. The summed E-state index contributed by atoms with van der Waals surface area (Å²) in [7, 11) is 1.36. The third-order valence-electron chi connectivity index (χ3n) is 4.33. The lowest BCUT2D eigenvalue weighted by molar-refractivity contribution is -0.123. The molecular weight excluding hydrogens is 404 g/mol. The van der Waals surface area contributed by atoms with E-state index in [4.69, 9.17) is 13.9 Å². The van der Waals surface area contributed by atoms with Crippen molar-refractivity contribution in [1.29, 1.82) is 0 Å². The monoisotopic (exact) mass is 424 g/mol. The Hall–Kier alpha value is -4.14. The van der Waals surface area contributed by atoms with Crippen LogP contribution >= 0.6 is 0 Å². The van der Waals surface area contributed by atoms with Crippen molar-refractivity contribution in [3.63, 3.8) is 0 Å². The summed E-state index contributed by atoms with van der Waals surface area (Å²) in [4.78, 5) is 46.0. The molecule has 1 heterocycles. The molecule has 0 aliphatic carbocycles. The zero-order chi connectivity index (χ0) is 22.4. The number of rotatable bonds is 6. The van der Waals surface area contributed by atoms with E-state index >= 15 is 0 Å². The van der Waals surface area contributed by atoms with Crippen LogP contribution < -0.4 is 21.0 Å². The number of urea groups is 1. The minimum Gasteiger partial charge on any atom is -0.489 e. The van der Waals surface area contributed by atoms with Crippen molar-refractivity contribution in [3.05, 3.63) is 75.6 Å². The van der Waals surface area contributed by atoms with Crippen LogP contribution in [0.1, 0.15) is 21.5 Å². The zero-order valence-electron chi connectivity index (χ0n) is 16.9. The van der Waals surface area contributed by atoms with E-state index in [2.05, 4.69) is 5.32 Å². The summed E-state index contributed by atoms with van der Waals surface area (Å²) in [5, 5.41) is 5.04. The maximum atomic E-state index is 12.0. The minimum absolute atomic E-state index is 0.228. The van der Waals surface area contributed by atoms with Crippen LogP contribution in [-0.2, 0) is 16.1 Å². The minimum atomic E-state index is -0.737. The first-order chi connectivity index (χ1) is 14.9. The summed E-state index contributed by atoms with van der Waals surface area (Å²) >= 11 is 0. The molecule has 0 saturated heterocycles. The standard InChI is InChI=1S/C22H20N2O7/c1-13-9-20(26)31-18-10-16(7-8-17(13)18)29-11-14-3-5-15(6-4-14)21(27)30-12-19(25)24-22(28)23-2/h3-10H,11-12H2,1-2H3,(H2,23,24,25,28). The highest BCUT2D eigenvalue weighted by atomic mass is 16.5. The lowest BCUT2D eigenvalue weighted by Gasteiger charge is -2.09. The maximum absolute atomic E-state index is 12.0. The van der Waals surface area contributed by atoms with Crippen molar-refractivity contribution in [2.75, 3.05) is 13.7 Å². The van der Waals surface area contributed by atoms with Gasteiger partial charge in [-0.2, -0.15) is 0 Å². The van der Waals surface area contributed by atoms with Gasteiger partial charge in [-0.25, -0.2) is 14.4 Å². The molecule has 0 bridgehead atoms. The predicted octanol–water partition coefficient (Wildman–Crippen LogP) is 2.29. The predicted molar refractivity (Wildman–Crippen MR) is 111 cm³/mol. The van der Waals surface area contributed by atoms with E-state index in [0.717, 1.165) is 16.5 Å². The van der Waals surface area contributed by atoms with E-state index in [1.165, 1.54) is 13.1 Å². The molecule has 3 aromatic rings. The molecule has 2 aromatic carbocycles. The molecule has 3 rings (SSSR count). The SMILES string of the molecule is CNC(=O)NC(=O)COC(=O)c1ccc(COc2ccc3c(C)cc(=O)oc3c2)cc1. The molecule has 3 amide bonds. The first kappa shape index (κ1) is 21.6. The number of aryl methyl sites for hydroxylation is 1. The highest BCUT2D eigenvalue weighted by molar-refractivity contribution is 5.96. The molecule has 0 atom stereocenters. The molecule has 1 aromatic heterocycles. The summed E-state index contributed by atoms with van der Waals surface area (Å²) < 4.78 is 15.8. The summed E-state index contributed by atoms with van der Waals surface area (Å²) in [6.45, 7) is 1.49. The van der Waals surface area contributed by atoms with Crippen LogP contribution in [0.5, 0.6) is 5.75 Å². The number of carbonyl (C=O) groups excluding carboxylic acids is 3. The molecule has 0 saturated carbocycles. The number of fused-ring (bicyclic) bond motifs is 1. The van der Waals surface area contributed by atoms with Crippen LogP contribution in [0.3, 0.4) is 0 Å². The number of hydrogen-bond acceptors (Lipinski definition) is 7. The van der Waals surface area contributed by atoms with Gasteiger partial charge in [0.25, 0.3) is 5.91 Å². The van der Waals surface area contributed by atoms with Crippen LogP contribution in [0.4, 0.5) is 4.79 Å². The highest BCUT2D eigenvalue weighted by Crippen LogP contribution is 2.23. The van der Waals surface area contributed by atoms with Crippen LogP contribution in [-0.4, -0.2) is 31.6 Å².